The van der Waals surface area contributed by atoms with Crippen LogP contribution in [0.4, 0.5) is 0 Å². The molecule has 1 fully saturated rings. The Morgan fingerprint density at radius 3 is 2.20 bits per heavy atom. The van der Waals surface area contributed by atoms with Crippen molar-refractivity contribution < 1.29 is 8.42 Å². The van der Waals surface area contributed by atoms with Crippen molar-refractivity contribution in [3.63, 3.8) is 0 Å². The second kappa shape index (κ2) is 2.48. The van der Waals surface area contributed by atoms with E-state index in [-0.39, 0.29) is 23.6 Å². The average molecular weight is 164 g/mol. The Hall–Kier alpha value is -0.130. The predicted molar refractivity (Wildman–Crippen MR) is 39.2 cm³/mol. The van der Waals surface area contributed by atoms with E-state index in [2.05, 4.69) is 0 Å². The van der Waals surface area contributed by atoms with Gasteiger partial charge in [0, 0.05) is 12.1 Å². The molecule has 4 nitrogen and oxygen atoms in total. The van der Waals surface area contributed by atoms with Gasteiger partial charge in [-0.3, -0.25) is 0 Å². The Morgan fingerprint density at radius 1 is 1.20 bits per heavy atom. The van der Waals surface area contributed by atoms with Gasteiger partial charge in [-0.2, -0.15) is 0 Å². The lowest BCUT2D eigenvalue weighted by molar-refractivity contribution is 0.501. The molecule has 0 radical (unpaired) electrons. The van der Waals surface area contributed by atoms with Crippen molar-refractivity contribution in [2.45, 2.75) is 18.5 Å². The van der Waals surface area contributed by atoms with Crippen molar-refractivity contribution in [3.05, 3.63) is 0 Å². The molecule has 0 aromatic carbocycles. The first-order chi connectivity index (χ1) is 4.51. The van der Waals surface area contributed by atoms with Crippen LogP contribution in [0.25, 0.3) is 0 Å². The molecule has 0 saturated carbocycles. The van der Waals surface area contributed by atoms with Gasteiger partial charge < -0.3 is 11.5 Å². The molecule has 1 rings (SSSR count). The van der Waals surface area contributed by atoms with Crippen LogP contribution in [0, 0.1) is 0 Å². The number of sulfone groups is 1. The molecule has 1 saturated heterocycles. The van der Waals surface area contributed by atoms with E-state index in [0.717, 1.165) is 0 Å². The van der Waals surface area contributed by atoms with Crippen LogP contribution in [0.5, 0.6) is 0 Å². The van der Waals surface area contributed by atoms with Gasteiger partial charge >= 0.3 is 0 Å². The molecule has 5 heteroatoms. The highest BCUT2D eigenvalue weighted by Crippen LogP contribution is 2.08. The lowest BCUT2D eigenvalue weighted by Gasteiger charge is -2.24. The van der Waals surface area contributed by atoms with Gasteiger partial charge in [-0.15, -0.1) is 0 Å². The molecule has 0 amide bonds. The van der Waals surface area contributed by atoms with Crippen LogP contribution < -0.4 is 11.5 Å². The highest BCUT2D eigenvalue weighted by atomic mass is 32.2. The summed E-state index contributed by atoms with van der Waals surface area (Å²) in [6.07, 6.45) is 0.503. The SMILES string of the molecule is N[C@H]1CCS(=O)(=O)C[C@@H]1N. The Kier molecular flexibility index (Phi) is 1.98. The Balaban J connectivity index is 2.66. The van der Waals surface area contributed by atoms with Gasteiger partial charge in [0.2, 0.25) is 0 Å². The van der Waals surface area contributed by atoms with Crippen LogP contribution in [0.15, 0.2) is 0 Å². The second-order valence-electron chi connectivity index (χ2n) is 2.73. The topological polar surface area (TPSA) is 86.2 Å². The van der Waals surface area contributed by atoms with Crippen LogP contribution in [0.2, 0.25) is 0 Å². The monoisotopic (exact) mass is 164 g/mol. The van der Waals surface area contributed by atoms with E-state index in [1.165, 1.54) is 0 Å². The van der Waals surface area contributed by atoms with Gasteiger partial charge in [0.05, 0.1) is 11.5 Å². The molecule has 60 valence electrons. The smallest absolute Gasteiger partial charge is 0.151 e. The summed E-state index contributed by atoms with van der Waals surface area (Å²) >= 11 is 0. The van der Waals surface area contributed by atoms with Crippen molar-refractivity contribution >= 4 is 9.84 Å². The zero-order valence-corrected chi connectivity index (χ0v) is 6.47. The maximum Gasteiger partial charge on any atom is 0.151 e. The summed E-state index contributed by atoms with van der Waals surface area (Å²) in [5, 5.41) is 0. The van der Waals surface area contributed by atoms with Crippen molar-refractivity contribution in [2.24, 2.45) is 11.5 Å². The first-order valence-electron chi connectivity index (χ1n) is 3.23. The standard InChI is InChI=1S/C5H12N2O2S/c6-4-1-2-10(8,9)3-5(4)7/h4-5H,1-3,6-7H2/t4-,5-/m0/s1. The van der Waals surface area contributed by atoms with Crippen LogP contribution in [-0.4, -0.2) is 32.0 Å². The molecule has 0 aromatic heterocycles. The van der Waals surface area contributed by atoms with Crippen LogP contribution in [0.3, 0.4) is 0 Å². The number of rotatable bonds is 0. The quantitative estimate of drug-likeness (QED) is 0.454. The molecule has 4 N–H and O–H groups in total. The highest BCUT2D eigenvalue weighted by Gasteiger charge is 2.27. The van der Waals surface area contributed by atoms with Gasteiger partial charge in [0.1, 0.15) is 0 Å². The Morgan fingerprint density at radius 2 is 1.80 bits per heavy atom. The first kappa shape index (κ1) is 7.97. The minimum Gasteiger partial charge on any atom is -0.326 e. The summed E-state index contributed by atoms with van der Waals surface area (Å²) in [5.41, 5.74) is 11.0. The van der Waals surface area contributed by atoms with E-state index in [9.17, 15) is 8.42 Å². The maximum absolute atomic E-state index is 10.9. The second-order valence-corrected chi connectivity index (χ2v) is 4.96. The molecule has 1 aliphatic heterocycles. The number of nitrogens with two attached hydrogens (primary N) is 2. The predicted octanol–water partition coefficient (Wildman–Crippen LogP) is -1.54. The largest absolute Gasteiger partial charge is 0.326 e. The fraction of sp³-hybridized carbons (Fsp3) is 1.00. The van der Waals surface area contributed by atoms with E-state index in [1.54, 1.807) is 0 Å². The summed E-state index contributed by atoms with van der Waals surface area (Å²) in [6, 6.07) is -0.498. The third-order valence-corrected chi connectivity index (χ3v) is 3.51. The van der Waals surface area contributed by atoms with Crippen molar-refractivity contribution in [3.8, 4) is 0 Å². The maximum atomic E-state index is 10.9. The van der Waals surface area contributed by atoms with Crippen LogP contribution in [-0.2, 0) is 9.84 Å². The molecular weight excluding hydrogens is 152 g/mol. The van der Waals surface area contributed by atoms with Crippen molar-refractivity contribution in [1.82, 2.24) is 0 Å². The molecule has 2 atom stereocenters. The number of hydrogen-bond acceptors (Lipinski definition) is 4. The third-order valence-electron chi connectivity index (χ3n) is 1.76. The molecule has 10 heavy (non-hydrogen) atoms. The molecule has 0 aromatic rings. The fourth-order valence-electron chi connectivity index (χ4n) is 1.03. The number of hydrogen-bond donors (Lipinski definition) is 2. The molecule has 0 unspecified atom stereocenters. The van der Waals surface area contributed by atoms with Crippen LogP contribution >= 0.6 is 0 Å². The third kappa shape index (κ3) is 1.68. The molecule has 0 bridgehead atoms. The molecule has 0 spiro atoms. The zero-order chi connectivity index (χ0) is 7.78. The minimum absolute atomic E-state index is 0.0498. The van der Waals surface area contributed by atoms with E-state index in [0.29, 0.717) is 6.42 Å². The summed E-state index contributed by atoms with van der Waals surface area (Å²) in [5.74, 6) is 0.246. The van der Waals surface area contributed by atoms with E-state index >= 15 is 0 Å². The average Bonchev–Trinajstić information content (AvgIpc) is 1.79. The summed E-state index contributed by atoms with van der Waals surface area (Å²) in [6.45, 7) is 0. The normalized spacial score (nSPS) is 39.4. The molecular formula is C5H12N2O2S. The minimum atomic E-state index is -2.87. The highest BCUT2D eigenvalue weighted by molar-refractivity contribution is 7.91. The van der Waals surface area contributed by atoms with Crippen molar-refractivity contribution in [1.29, 1.82) is 0 Å². The summed E-state index contributed by atoms with van der Waals surface area (Å²) in [4.78, 5) is 0. The summed E-state index contributed by atoms with van der Waals surface area (Å²) in [7, 11) is -2.87. The van der Waals surface area contributed by atoms with Gasteiger partial charge in [-0.1, -0.05) is 0 Å². The Bertz CT molecular complexity index is 212. The van der Waals surface area contributed by atoms with E-state index in [4.69, 9.17) is 11.5 Å². The van der Waals surface area contributed by atoms with Gasteiger partial charge in [-0.05, 0) is 6.42 Å². The molecule has 0 aliphatic carbocycles. The van der Waals surface area contributed by atoms with Crippen LogP contribution in [0.1, 0.15) is 6.42 Å². The molecule has 1 aliphatic rings. The van der Waals surface area contributed by atoms with E-state index in [1.807, 2.05) is 0 Å². The lowest BCUT2D eigenvalue weighted by Crippen LogP contribution is -2.50. The summed E-state index contributed by atoms with van der Waals surface area (Å²) < 4.78 is 21.7. The first-order valence-corrected chi connectivity index (χ1v) is 5.05. The van der Waals surface area contributed by atoms with Gasteiger partial charge in [0.25, 0.3) is 0 Å². The zero-order valence-electron chi connectivity index (χ0n) is 5.66. The fourth-order valence-corrected chi connectivity index (χ4v) is 2.66. The van der Waals surface area contributed by atoms with Gasteiger partial charge in [0.15, 0.2) is 9.84 Å². The molecule has 1 heterocycles. The lowest BCUT2D eigenvalue weighted by atomic mass is 10.1. The van der Waals surface area contributed by atoms with Gasteiger partial charge in [-0.25, -0.2) is 8.42 Å². The Labute approximate surface area is 60.5 Å². The van der Waals surface area contributed by atoms with E-state index < -0.39 is 9.84 Å². The van der Waals surface area contributed by atoms with Crippen molar-refractivity contribution in [2.75, 3.05) is 11.5 Å².